The maximum atomic E-state index is 10.9. The van der Waals surface area contributed by atoms with Crippen LogP contribution < -0.4 is 9.84 Å². The molecule has 25 heavy (non-hydrogen) atoms. The first-order valence-corrected chi connectivity index (χ1v) is 8.97. The average molecular weight is 393 g/mol. The van der Waals surface area contributed by atoms with Crippen LogP contribution in [0.25, 0.3) is 0 Å². The van der Waals surface area contributed by atoms with E-state index in [1.165, 1.54) is 0 Å². The van der Waals surface area contributed by atoms with Crippen molar-refractivity contribution in [2.24, 2.45) is 0 Å². The molecule has 128 valence electrons. The van der Waals surface area contributed by atoms with Gasteiger partial charge in [0, 0.05) is 33.0 Å². The van der Waals surface area contributed by atoms with Gasteiger partial charge in [0.1, 0.15) is 23.3 Å². The van der Waals surface area contributed by atoms with Crippen LogP contribution >= 0.6 is 34.5 Å². The lowest BCUT2D eigenvalue weighted by molar-refractivity contribution is -0.255. The minimum absolute atomic E-state index is 0.0458. The van der Waals surface area contributed by atoms with E-state index < -0.39 is 5.97 Å². The second kappa shape index (κ2) is 7.87. The zero-order chi connectivity index (χ0) is 17.8. The van der Waals surface area contributed by atoms with Crippen LogP contribution in [0.15, 0.2) is 47.8 Å². The number of rotatable bonds is 6. The number of carbonyl (C=O) groups excluding carboxylic acids is 1. The van der Waals surface area contributed by atoms with E-state index in [0.717, 1.165) is 22.5 Å². The summed E-state index contributed by atoms with van der Waals surface area (Å²) in [5.41, 5.74) is 2.31. The molecule has 0 N–H and O–H groups in total. The first-order chi connectivity index (χ1) is 12.0. The Morgan fingerprint density at radius 1 is 1.16 bits per heavy atom. The number of halogens is 2. The number of carboxylic acids is 1. The molecule has 0 saturated carbocycles. The van der Waals surface area contributed by atoms with Gasteiger partial charge in [-0.05, 0) is 24.3 Å². The van der Waals surface area contributed by atoms with E-state index in [4.69, 9.17) is 27.9 Å². The third-order valence-corrected chi connectivity index (χ3v) is 4.94. The summed E-state index contributed by atoms with van der Waals surface area (Å²) in [5.74, 6) is -0.634. The number of ether oxygens (including phenoxy) is 1. The number of carbonyl (C=O) groups is 1. The zero-order valence-electron chi connectivity index (χ0n) is 12.9. The fraction of sp³-hybridized carbons (Fsp3) is 0.111. The van der Waals surface area contributed by atoms with Crippen LogP contribution in [0.4, 0.5) is 0 Å². The summed E-state index contributed by atoms with van der Waals surface area (Å²) in [6.45, 7) is 0.315. The van der Waals surface area contributed by atoms with Crippen molar-refractivity contribution in [2.75, 3.05) is 0 Å². The van der Waals surface area contributed by atoms with Crippen LogP contribution in [0.1, 0.15) is 26.6 Å². The average Bonchev–Trinajstić information content (AvgIpc) is 3.04. The van der Waals surface area contributed by atoms with Crippen molar-refractivity contribution in [1.82, 2.24) is 4.98 Å². The van der Waals surface area contributed by atoms with E-state index in [-0.39, 0.29) is 5.01 Å². The molecule has 0 fully saturated rings. The normalized spacial score (nSPS) is 10.6. The van der Waals surface area contributed by atoms with Crippen molar-refractivity contribution in [3.05, 3.63) is 79.7 Å². The van der Waals surface area contributed by atoms with Crippen LogP contribution in [-0.2, 0) is 13.0 Å². The van der Waals surface area contributed by atoms with Crippen molar-refractivity contribution in [1.29, 1.82) is 0 Å². The molecule has 7 heteroatoms. The summed E-state index contributed by atoms with van der Waals surface area (Å²) in [7, 11) is 0. The molecule has 0 bridgehead atoms. The quantitative estimate of drug-likeness (QED) is 0.636. The summed E-state index contributed by atoms with van der Waals surface area (Å²) in [4.78, 5) is 14.9. The molecule has 0 aliphatic carbocycles. The minimum Gasteiger partial charge on any atom is -0.542 e. The Kier molecular flexibility index (Phi) is 5.58. The smallest absolute Gasteiger partial charge is 0.139 e. The van der Waals surface area contributed by atoms with Gasteiger partial charge in [-0.3, -0.25) is 0 Å². The number of aromatic carboxylic acids is 1. The number of carboxylic acid groups (broad SMARTS) is 1. The van der Waals surface area contributed by atoms with Crippen LogP contribution in [0, 0.1) is 0 Å². The third-order valence-electron chi connectivity index (χ3n) is 3.46. The van der Waals surface area contributed by atoms with Gasteiger partial charge in [-0.15, -0.1) is 11.3 Å². The van der Waals surface area contributed by atoms with Crippen LogP contribution in [0.5, 0.6) is 5.75 Å². The topological polar surface area (TPSA) is 62.2 Å². The van der Waals surface area contributed by atoms with Gasteiger partial charge in [-0.2, -0.15) is 0 Å². The molecule has 0 aliphatic rings. The molecule has 2 aromatic carbocycles. The molecule has 3 aromatic rings. The van der Waals surface area contributed by atoms with E-state index in [9.17, 15) is 9.90 Å². The SMILES string of the molecule is O=C([O-])c1nc(Cc2cc(Cl)ccc2OCc2ccccc2Cl)cs1. The standard InChI is InChI=1S/C18H13Cl2NO3S/c19-13-5-6-16(24-9-11-3-1-2-4-15(11)20)12(7-13)8-14-10-25-17(21-14)18(22)23/h1-7,10H,8-9H2,(H,22,23)/p-1. The highest BCUT2D eigenvalue weighted by Crippen LogP contribution is 2.27. The number of nitrogens with zero attached hydrogens (tertiary/aromatic N) is 1. The first kappa shape index (κ1) is 17.7. The molecular weight excluding hydrogens is 381 g/mol. The highest BCUT2D eigenvalue weighted by Gasteiger charge is 2.10. The number of hydrogen-bond acceptors (Lipinski definition) is 5. The van der Waals surface area contributed by atoms with Crippen molar-refractivity contribution in [3.63, 3.8) is 0 Å². The van der Waals surface area contributed by atoms with Gasteiger partial charge in [0.05, 0.1) is 5.69 Å². The van der Waals surface area contributed by atoms with Gasteiger partial charge < -0.3 is 14.6 Å². The zero-order valence-corrected chi connectivity index (χ0v) is 15.2. The summed E-state index contributed by atoms with van der Waals surface area (Å²) < 4.78 is 5.89. The Balaban J connectivity index is 1.80. The van der Waals surface area contributed by atoms with Gasteiger partial charge >= 0.3 is 0 Å². The van der Waals surface area contributed by atoms with E-state index in [1.807, 2.05) is 18.2 Å². The molecule has 0 aliphatic heterocycles. The molecule has 0 atom stereocenters. The Morgan fingerprint density at radius 3 is 2.68 bits per heavy atom. The largest absolute Gasteiger partial charge is 0.542 e. The predicted octanol–water partition coefficient (Wildman–Crippen LogP) is 3.98. The molecular formula is C18H12Cl2NO3S-. The predicted molar refractivity (Wildman–Crippen MR) is 96.5 cm³/mol. The highest BCUT2D eigenvalue weighted by atomic mass is 35.5. The second-order valence-corrected chi connectivity index (χ2v) is 6.94. The van der Waals surface area contributed by atoms with Gasteiger partial charge in [0.2, 0.25) is 0 Å². The molecule has 4 nitrogen and oxygen atoms in total. The number of aromatic nitrogens is 1. The summed E-state index contributed by atoms with van der Waals surface area (Å²) in [6, 6.07) is 12.7. The summed E-state index contributed by atoms with van der Waals surface area (Å²) in [5, 5.41) is 13.7. The van der Waals surface area contributed by atoms with Gasteiger partial charge in [-0.25, -0.2) is 4.98 Å². The Hall–Kier alpha value is -2.08. The summed E-state index contributed by atoms with van der Waals surface area (Å²) >= 11 is 13.3. The lowest BCUT2D eigenvalue weighted by Gasteiger charge is -2.12. The molecule has 1 heterocycles. The highest BCUT2D eigenvalue weighted by molar-refractivity contribution is 7.11. The van der Waals surface area contributed by atoms with Crippen molar-refractivity contribution < 1.29 is 14.6 Å². The fourth-order valence-corrected chi connectivity index (χ4v) is 3.31. The molecule has 0 spiro atoms. The lowest BCUT2D eigenvalue weighted by atomic mass is 10.1. The molecule has 1 aromatic heterocycles. The molecule has 3 rings (SSSR count). The minimum atomic E-state index is -1.28. The Labute approximate surface area is 158 Å². The van der Waals surface area contributed by atoms with Gasteiger partial charge in [0.25, 0.3) is 0 Å². The first-order valence-electron chi connectivity index (χ1n) is 7.33. The molecule has 0 saturated heterocycles. The van der Waals surface area contributed by atoms with Crippen molar-refractivity contribution in [2.45, 2.75) is 13.0 Å². The van der Waals surface area contributed by atoms with E-state index in [2.05, 4.69) is 4.98 Å². The monoisotopic (exact) mass is 392 g/mol. The van der Waals surface area contributed by atoms with Crippen LogP contribution in [0.3, 0.4) is 0 Å². The second-order valence-electron chi connectivity index (χ2n) is 5.24. The van der Waals surface area contributed by atoms with Crippen molar-refractivity contribution >= 4 is 40.5 Å². The maximum absolute atomic E-state index is 10.9. The van der Waals surface area contributed by atoms with Gasteiger partial charge in [0.15, 0.2) is 0 Å². The van der Waals surface area contributed by atoms with E-state index in [0.29, 0.717) is 34.5 Å². The molecule has 0 radical (unpaired) electrons. The van der Waals surface area contributed by atoms with Crippen molar-refractivity contribution in [3.8, 4) is 5.75 Å². The van der Waals surface area contributed by atoms with E-state index in [1.54, 1.807) is 29.6 Å². The van der Waals surface area contributed by atoms with Crippen LogP contribution in [-0.4, -0.2) is 11.0 Å². The number of benzene rings is 2. The Bertz CT molecular complexity index is 911. The number of thiazole rings is 1. The summed E-state index contributed by atoms with van der Waals surface area (Å²) in [6.07, 6.45) is 0.405. The molecule has 0 unspecified atom stereocenters. The van der Waals surface area contributed by atoms with E-state index >= 15 is 0 Å². The fourth-order valence-electron chi connectivity index (χ4n) is 2.27. The third kappa shape index (κ3) is 4.51. The lowest BCUT2D eigenvalue weighted by Crippen LogP contribution is -2.21. The van der Waals surface area contributed by atoms with Crippen LogP contribution in [0.2, 0.25) is 10.0 Å². The molecule has 0 amide bonds. The Morgan fingerprint density at radius 2 is 1.96 bits per heavy atom. The van der Waals surface area contributed by atoms with Gasteiger partial charge in [-0.1, -0.05) is 41.4 Å². The number of hydrogen-bond donors (Lipinski definition) is 0. The maximum Gasteiger partial charge on any atom is 0.139 e.